The van der Waals surface area contributed by atoms with Gasteiger partial charge in [-0.1, -0.05) is 18.2 Å². The number of halogens is 3. The lowest BCUT2D eigenvalue weighted by molar-refractivity contribution is -0.137. The summed E-state index contributed by atoms with van der Waals surface area (Å²) in [5.74, 6) is 0.399. The normalized spacial score (nSPS) is 12.2. The van der Waals surface area contributed by atoms with E-state index in [4.69, 9.17) is 4.74 Å². The largest absolute Gasteiger partial charge is 0.457 e. The highest BCUT2D eigenvalue weighted by Gasteiger charge is 2.30. The number of fused-ring (bicyclic) bond motifs is 1. The number of benzene rings is 3. The molecule has 8 heteroatoms. The third-order valence-corrected chi connectivity index (χ3v) is 5.22. The summed E-state index contributed by atoms with van der Waals surface area (Å²) in [6.07, 6.45) is -3.77. The standard InChI is InChI=1S/C26H19F3N2O3/c1-16(23-6-3-5-20(15-32)31-23)30-25(33)18-8-13-22-17(14-18)4-2-7-24(22)34-21-11-9-19(10-12-21)26(27,28)29/h2-16H,1H3,(H,30,33)/t16-/m1/s1. The second-order valence-electron chi connectivity index (χ2n) is 7.62. The third kappa shape index (κ3) is 5.06. The molecule has 5 nitrogen and oxygen atoms in total. The molecule has 0 aliphatic carbocycles. The summed E-state index contributed by atoms with van der Waals surface area (Å²) in [4.78, 5) is 27.9. The van der Waals surface area contributed by atoms with Crippen LogP contribution in [0.3, 0.4) is 0 Å². The van der Waals surface area contributed by atoms with Crippen molar-refractivity contribution in [2.45, 2.75) is 19.1 Å². The monoisotopic (exact) mass is 464 g/mol. The van der Waals surface area contributed by atoms with Crippen LogP contribution < -0.4 is 10.1 Å². The minimum absolute atomic E-state index is 0.265. The molecular formula is C26H19F3N2O3. The van der Waals surface area contributed by atoms with Gasteiger partial charge in [0.1, 0.15) is 17.2 Å². The fraction of sp³-hybridized carbons (Fsp3) is 0.115. The number of pyridine rings is 1. The highest BCUT2D eigenvalue weighted by atomic mass is 19.4. The molecule has 3 aromatic carbocycles. The first kappa shape index (κ1) is 23.0. The number of rotatable bonds is 6. The Morgan fingerprint density at radius 2 is 1.74 bits per heavy atom. The minimum atomic E-state index is -4.42. The van der Waals surface area contributed by atoms with Crippen molar-refractivity contribution in [3.8, 4) is 11.5 Å². The Kier molecular flexibility index (Phi) is 6.32. The number of hydrogen-bond donors (Lipinski definition) is 1. The van der Waals surface area contributed by atoms with Gasteiger partial charge in [0.15, 0.2) is 6.29 Å². The van der Waals surface area contributed by atoms with Crippen LogP contribution in [0.2, 0.25) is 0 Å². The number of carbonyl (C=O) groups is 2. The van der Waals surface area contributed by atoms with E-state index in [9.17, 15) is 22.8 Å². The van der Waals surface area contributed by atoms with E-state index in [-0.39, 0.29) is 17.4 Å². The zero-order valence-corrected chi connectivity index (χ0v) is 18.0. The van der Waals surface area contributed by atoms with E-state index in [1.807, 2.05) is 6.07 Å². The zero-order chi connectivity index (χ0) is 24.3. The summed E-state index contributed by atoms with van der Waals surface area (Å²) in [5.41, 5.74) is 0.504. The molecule has 0 saturated heterocycles. The molecule has 0 aliphatic rings. The van der Waals surface area contributed by atoms with Crippen molar-refractivity contribution in [3.05, 3.63) is 101 Å². The summed E-state index contributed by atoms with van der Waals surface area (Å²) in [7, 11) is 0. The van der Waals surface area contributed by atoms with Crippen molar-refractivity contribution in [1.82, 2.24) is 10.3 Å². The van der Waals surface area contributed by atoms with Crippen LogP contribution in [0, 0.1) is 0 Å². The van der Waals surface area contributed by atoms with Crippen molar-refractivity contribution in [1.29, 1.82) is 0 Å². The highest BCUT2D eigenvalue weighted by molar-refractivity contribution is 6.00. The van der Waals surface area contributed by atoms with E-state index in [1.54, 1.807) is 55.5 Å². The Labute approximate surface area is 193 Å². The molecule has 0 bridgehead atoms. The van der Waals surface area contributed by atoms with E-state index in [0.29, 0.717) is 28.7 Å². The number of ether oxygens (including phenoxy) is 1. The van der Waals surface area contributed by atoms with Crippen LogP contribution in [0.15, 0.2) is 78.9 Å². The molecule has 0 radical (unpaired) electrons. The molecule has 0 spiro atoms. The zero-order valence-electron chi connectivity index (χ0n) is 18.0. The summed E-state index contributed by atoms with van der Waals surface area (Å²) >= 11 is 0. The molecule has 1 atom stereocenters. The maximum atomic E-state index is 12.8. The SMILES string of the molecule is C[C@@H](NC(=O)c1ccc2c(Oc3ccc(C(F)(F)F)cc3)cccc2c1)c1cccc(C=O)n1. The van der Waals surface area contributed by atoms with Gasteiger partial charge in [-0.15, -0.1) is 0 Å². The molecule has 1 aromatic heterocycles. The Morgan fingerprint density at radius 3 is 2.44 bits per heavy atom. The van der Waals surface area contributed by atoms with Gasteiger partial charge < -0.3 is 10.1 Å². The summed E-state index contributed by atoms with van der Waals surface area (Å²) in [6, 6.07) is 19.3. The first-order valence-corrected chi connectivity index (χ1v) is 10.4. The molecule has 1 heterocycles. The Bertz CT molecular complexity index is 1350. The Morgan fingerprint density at radius 1 is 1.00 bits per heavy atom. The van der Waals surface area contributed by atoms with Crippen molar-refractivity contribution >= 4 is 23.0 Å². The second-order valence-corrected chi connectivity index (χ2v) is 7.62. The van der Waals surface area contributed by atoms with Crippen molar-refractivity contribution in [3.63, 3.8) is 0 Å². The Hall–Kier alpha value is -4.20. The molecule has 172 valence electrons. The van der Waals surface area contributed by atoms with E-state index in [1.165, 1.54) is 12.1 Å². The molecule has 0 unspecified atom stereocenters. The first-order valence-electron chi connectivity index (χ1n) is 10.4. The summed E-state index contributed by atoms with van der Waals surface area (Å²) < 4.78 is 44.1. The predicted octanol–water partition coefficient (Wildman–Crippen LogP) is 6.35. The molecule has 4 rings (SSSR count). The predicted molar refractivity (Wildman–Crippen MR) is 121 cm³/mol. The molecule has 34 heavy (non-hydrogen) atoms. The highest BCUT2D eigenvalue weighted by Crippen LogP contribution is 2.33. The van der Waals surface area contributed by atoms with E-state index >= 15 is 0 Å². The third-order valence-electron chi connectivity index (χ3n) is 5.22. The lowest BCUT2D eigenvalue weighted by Crippen LogP contribution is -2.27. The molecular weight excluding hydrogens is 445 g/mol. The maximum Gasteiger partial charge on any atom is 0.416 e. The Balaban J connectivity index is 1.53. The number of alkyl halides is 3. The van der Waals surface area contributed by atoms with Gasteiger partial charge in [0.05, 0.1) is 17.3 Å². The summed E-state index contributed by atoms with van der Waals surface area (Å²) in [5, 5.41) is 4.29. The van der Waals surface area contributed by atoms with Gasteiger partial charge in [0.25, 0.3) is 5.91 Å². The van der Waals surface area contributed by atoms with Gasteiger partial charge in [-0.3, -0.25) is 9.59 Å². The van der Waals surface area contributed by atoms with Crippen LogP contribution >= 0.6 is 0 Å². The van der Waals surface area contributed by atoms with Crippen LogP contribution in [-0.2, 0) is 6.18 Å². The molecule has 0 fully saturated rings. The van der Waals surface area contributed by atoms with Crippen LogP contribution in [0.4, 0.5) is 13.2 Å². The quantitative estimate of drug-likeness (QED) is 0.338. The van der Waals surface area contributed by atoms with Gasteiger partial charge in [-0.25, -0.2) is 4.98 Å². The number of amides is 1. The van der Waals surface area contributed by atoms with Gasteiger partial charge >= 0.3 is 6.18 Å². The topological polar surface area (TPSA) is 68.3 Å². The number of nitrogens with one attached hydrogen (secondary N) is 1. The number of carbonyl (C=O) groups excluding carboxylic acids is 2. The lowest BCUT2D eigenvalue weighted by Gasteiger charge is -2.15. The summed E-state index contributed by atoms with van der Waals surface area (Å²) in [6.45, 7) is 1.77. The fourth-order valence-corrected chi connectivity index (χ4v) is 3.45. The molecule has 0 saturated carbocycles. The lowest BCUT2D eigenvalue weighted by atomic mass is 10.1. The van der Waals surface area contributed by atoms with Crippen LogP contribution in [0.25, 0.3) is 10.8 Å². The fourth-order valence-electron chi connectivity index (χ4n) is 3.45. The first-order chi connectivity index (χ1) is 16.2. The van der Waals surface area contributed by atoms with Crippen molar-refractivity contribution < 1.29 is 27.5 Å². The number of aromatic nitrogens is 1. The molecule has 1 amide bonds. The van der Waals surface area contributed by atoms with E-state index in [2.05, 4.69) is 10.3 Å². The smallest absolute Gasteiger partial charge is 0.416 e. The molecule has 1 N–H and O–H groups in total. The van der Waals surface area contributed by atoms with Gasteiger partial charge in [-0.05, 0) is 73.0 Å². The second kappa shape index (κ2) is 9.35. The van der Waals surface area contributed by atoms with Gasteiger partial charge in [-0.2, -0.15) is 13.2 Å². The average molecular weight is 464 g/mol. The average Bonchev–Trinajstić information content (AvgIpc) is 2.83. The van der Waals surface area contributed by atoms with Gasteiger partial charge in [0.2, 0.25) is 0 Å². The van der Waals surface area contributed by atoms with Crippen LogP contribution in [0.5, 0.6) is 11.5 Å². The van der Waals surface area contributed by atoms with E-state index in [0.717, 1.165) is 17.5 Å². The van der Waals surface area contributed by atoms with Crippen molar-refractivity contribution in [2.24, 2.45) is 0 Å². The van der Waals surface area contributed by atoms with Crippen LogP contribution in [-0.4, -0.2) is 17.2 Å². The van der Waals surface area contributed by atoms with E-state index < -0.39 is 17.8 Å². The van der Waals surface area contributed by atoms with Crippen LogP contribution in [0.1, 0.15) is 45.1 Å². The number of aldehydes is 1. The minimum Gasteiger partial charge on any atom is -0.457 e. The van der Waals surface area contributed by atoms with Gasteiger partial charge in [0, 0.05) is 10.9 Å². The number of hydrogen-bond acceptors (Lipinski definition) is 4. The molecule has 4 aromatic rings. The molecule has 0 aliphatic heterocycles. The number of nitrogens with zero attached hydrogens (tertiary/aromatic N) is 1. The maximum absolute atomic E-state index is 12.8. The van der Waals surface area contributed by atoms with Crippen molar-refractivity contribution in [2.75, 3.05) is 0 Å².